The molecule has 24 heavy (non-hydrogen) atoms. The number of quaternary nitrogens is 1. The number of anilines is 1. The predicted octanol–water partition coefficient (Wildman–Crippen LogP) is 1.66. The fraction of sp³-hybridized carbons (Fsp3) is 0.529. The summed E-state index contributed by atoms with van der Waals surface area (Å²) in [6, 6.07) is 3.50. The zero-order valence-corrected chi connectivity index (χ0v) is 14.7. The molecule has 0 radical (unpaired) electrons. The third-order valence-electron chi connectivity index (χ3n) is 4.37. The summed E-state index contributed by atoms with van der Waals surface area (Å²) in [4.78, 5) is 25.4. The van der Waals surface area contributed by atoms with Crippen molar-refractivity contribution >= 4 is 29.2 Å². The van der Waals surface area contributed by atoms with Gasteiger partial charge < -0.3 is 15.0 Å². The molecule has 3 atom stereocenters. The van der Waals surface area contributed by atoms with Crippen molar-refractivity contribution in [3.05, 3.63) is 29.0 Å². The van der Waals surface area contributed by atoms with Gasteiger partial charge in [0.2, 0.25) is 0 Å². The van der Waals surface area contributed by atoms with Crippen LogP contribution in [0.2, 0.25) is 5.02 Å². The van der Waals surface area contributed by atoms with Gasteiger partial charge in [0.25, 0.3) is 5.91 Å². The molecular weight excluding hydrogens is 335 g/mol. The summed E-state index contributed by atoms with van der Waals surface area (Å²) in [5.41, 5.74) is 0.383. The SMILES string of the molecule is CCOC(=O)[C@H]1CCC[NH+]([C@@H](C)C(=O)Nc2ccc(F)cc2Cl)C1. The van der Waals surface area contributed by atoms with Crippen LogP contribution in [0.15, 0.2) is 18.2 Å². The van der Waals surface area contributed by atoms with Crippen LogP contribution in [-0.4, -0.2) is 37.6 Å². The first kappa shape index (κ1) is 18.7. The molecule has 1 aromatic rings. The lowest BCUT2D eigenvalue weighted by atomic mass is 9.97. The van der Waals surface area contributed by atoms with Crippen LogP contribution in [0.1, 0.15) is 26.7 Å². The van der Waals surface area contributed by atoms with Crippen LogP contribution in [-0.2, 0) is 14.3 Å². The number of likely N-dealkylation sites (tertiary alicyclic amines) is 1. The molecule has 132 valence electrons. The fourth-order valence-electron chi connectivity index (χ4n) is 2.97. The Morgan fingerprint density at radius 3 is 2.92 bits per heavy atom. The van der Waals surface area contributed by atoms with Gasteiger partial charge in [0.15, 0.2) is 6.04 Å². The highest BCUT2D eigenvalue weighted by atomic mass is 35.5. The first-order valence-corrected chi connectivity index (χ1v) is 8.57. The average Bonchev–Trinajstić information content (AvgIpc) is 2.57. The maximum atomic E-state index is 13.1. The number of esters is 1. The Balaban J connectivity index is 1.98. The third kappa shape index (κ3) is 4.68. The lowest BCUT2D eigenvalue weighted by Crippen LogP contribution is -3.18. The minimum absolute atomic E-state index is 0.161. The summed E-state index contributed by atoms with van der Waals surface area (Å²) < 4.78 is 18.2. The molecule has 2 N–H and O–H groups in total. The van der Waals surface area contributed by atoms with Crippen molar-refractivity contribution in [2.24, 2.45) is 5.92 Å². The Kier molecular flexibility index (Phi) is 6.57. The van der Waals surface area contributed by atoms with Gasteiger partial charge >= 0.3 is 5.97 Å². The Bertz CT molecular complexity index is 611. The maximum Gasteiger partial charge on any atom is 0.314 e. The van der Waals surface area contributed by atoms with Crippen LogP contribution >= 0.6 is 11.6 Å². The van der Waals surface area contributed by atoms with Crippen LogP contribution in [0, 0.1) is 11.7 Å². The number of piperidine rings is 1. The van der Waals surface area contributed by atoms with E-state index in [4.69, 9.17) is 16.3 Å². The quantitative estimate of drug-likeness (QED) is 0.788. The van der Waals surface area contributed by atoms with Gasteiger partial charge in [0.1, 0.15) is 11.7 Å². The van der Waals surface area contributed by atoms with E-state index in [-0.39, 0.29) is 28.9 Å². The molecule has 1 amide bonds. The van der Waals surface area contributed by atoms with Gasteiger partial charge in [-0.05, 0) is 44.9 Å². The van der Waals surface area contributed by atoms with Crippen molar-refractivity contribution in [2.75, 3.05) is 25.0 Å². The average molecular weight is 358 g/mol. The zero-order valence-electron chi connectivity index (χ0n) is 13.9. The summed E-state index contributed by atoms with van der Waals surface area (Å²) >= 11 is 5.94. The predicted molar refractivity (Wildman–Crippen MR) is 89.6 cm³/mol. The monoisotopic (exact) mass is 357 g/mol. The van der Waals surface area contributed by atoms with Gasteiger partial charge in [-0.25, -0.2) is 4.39 Å². The molecule has 0 spiro atoms. The van der Waals surface area contributed by atoms with Gasteiger partial charge in [-0.3, -0.25) is 9.59 Å². The van der Waals surface area contributed by atoms with E-state index in [1.54, 1.807) is 6.92 Å². The van der Waals surface area contributed by atoms with Crippen molar-refractivity contribution in [1.82, 2.24) is 0 Å². The minimum Gasteiger partial charge on any atom is -0.466 e. The van der Waals surface area contributed by atoms with Gasteiger partial charge in [-0.15, -0.1) is 0 Å². The number of rotatable bonds is 5. The fourth-order valence-corrected chi connectivity index (χ4v) is 3.18. The number of amides is 1. The van der Waals surface area contributed by atoms with E-state index < -0.39 is 5.82 Å². The summed E-state index contributed by atoms with van der Waals surface area (Å²) in [6.45, 7) is 5.36. The van der Waals surface area contributed by atoms with E-state index >= 15 is 0 Å². The Hall–Kier alpha value is -1.66. The lowest BCUT2D eigenvalue weighted by Gasteiger charge is -2.32. The molecule has 1 unspecified atom stereocenters. The van der Waals surface area contributed by atoms with Crippen LogP contribution in [0.4, 0.5) is 10.1 Å². The van der Waals surface area contributed by atoms with E-state index in [0.717, 1.165) is 30.4 Å². The number of nitrogens with one attached hydrogen (secondary N) is 2. The number of carbonyl (C=O) groups excluding carboxylic acids is 2. The van der Waals surface area contributed by atoms with E-state index in [2.05, 4.69) is 5.32 Å². The van der Waals surface area contributed by atoms with Crippen LogP contribution in [0.25, 0.3) is 0 Å². The second-order valence-corrected chi connectivity index (χ2v) is 6.45. The zero-order chi connectivity index (χ0) is 17.7. The summed E-state index contributed by atoms with van der Waals surface area (Å²) in [5, 5.41) is 2.89. The topological polar surface area (TPSA) is 59.8 Å². The summed E-state index contributed by atoms with van der Waals surface area (Å²) in [6.07, 6.45) is 1.66. The Morgan fingerprint density at radius 1 is 1.50 bits per heavy atom. The maximum absolute atomic E-state index is 13.1. The lowest BCUT2D eigenvalue weighted by molar-refractivity contribution is -0.921. The summed E-state index contributed by atoms with van der Waals surface area (Å²) in [5.74, 6) is -1.02. The molecule has 1 heterocycles. The highest BCUT2D eigenvalue weighted by Gasteiger charge is 2.35. The van der Waals surface area contributed by atoms with Gasteiger partial charge in [-0.2, -0.15) is 0 Å². The van der Waals surface area contributed by atoms with Gasteiger partial charge in [0, 0.05) is 0 Å². The minimum atomic E-state index is -0.454. The summed E-state index contributed by atoms with van der Waals surface area (Å²) in [7, 11) is 0. The first-order chi connectivity index (χ1) is 11.4. The standard InChI is InChI=1S/C17H22ClFN2O3/c1-3-24-17(23)12-5-4-8-21(10-12)11(2)16(22)20-15-7-6-13(19)9-14(15)18/h6-7,9,11-12H,3-5,8,10H2,1-2H3,(H,20,22)/p+1/t11-,12-/m0/s1. The van der Waals surface area contributed by atoms with Crippen molar-refractivity contribution in [3.63, 3.8) is 0 Å². The van der Waals surface area contributed by atoms with E-state index in [1.807, 2.05) is 6.92 Å². The van der Waals surface area contributed by atoms with E-state index in [1.165, 1.54) is 12.1 Å². The second kappa shape index (κ2) is 8.44. The molecule has 5 nitrogen and oxygen atoms in total. The number of halogens is 2. The smallest absolute Gasteiger partial charge is 0.314 e. The molecule has 1 aliphatic rings. The van der Waals surface area contributed by atoms with Crippen LogP contribution in [0.5, 0.6) is 0 Å². The van der Waals surface area contributed by atoms with Crippen molar-refractivity contribution in [1.29, 1.82) is 0 Å². The van der Waals surface area contributed by atoms with Gasteiger partial charge in [0.05, 0.1) is 30.4 Å². The van der Waals surface area contributed by atoms with Crippen molar-refractivity contribution in [2.45, 2.75) is 32.7 Å². The number of hydrogen-bond acceptors (Lipinski definition) is 3. The molecule has 1 fully saturated rings. The Morgan fingerprint density at radius 2 is 2.25 bits per heavy atom. The molecule has 2 rings (SSSR count). The highest BCUT2D eigenvalue weighted by molar-refractivity contribution is 6.33. The van der Waals surface area contributed by atoms with Crippen LogP contribution < -0.4 is 10.2 Å². The highest BCUT2D eigenvalue weighted by Crippen LogP contribution is 2.22. The number of ether oxygens (including phenoxy) is 1. The van der Waals surface area contributed by atoms with Gasteiger partial charge in [-0.1, -0.05) is 11.6 Å². The Labute approximate surface area is 146 Å². The normalized spacial score (nSPS) is 21.8. The van der Waals surface area contributed by atoms with Crippen LogP contribution in [0.3, 0.4) is 0 Å². The number of hydrogen-bond donors (Lipinski definition) is 2. The molecule has 7 heteroatoms. The number of benzene rings is 1. The van der Waals surface area contributed by atoms with Crippen molar-refractivity contribution in [3.8, 4) is 0 Å². The van der Waals surface area contributed by atoms with E-state index in [0.29, 0.717) is 18.8 Å². The molecule has 0 saturated carbocycles. The molecule has 1 saturated heterocycles. The molecule has 0 aromatic heterocycles. The third-order valence-corrected chi connectivity index (χ3v) is 4.69. The largest absolute Gasteiger partial charge is 0.466 e. The molecule has 0 aliphatic carbocycles. The molecule has 1 aliphatic heterocycles. The second-order valence-electron chi connectivity index (χ2n) is 6.04. The van der Waals surface area contributed by atoms with Crippen molar-refractivity contribution < 1.29 is 23.6 Å². The molecule has 0 bridgehead atoms. The van der Waals surface area contributed by atoms with E-state index in [9.17, 15) is 14.0 Å². The molecular formula is C17H23ClFN2O3+. The number of carbonyl (C=O) groups is 2. The molecule has 1 aromatic carbocycles. The first-order valence-electron chi connectivity index (χ1n) is 8.19.